The van der Waals surface area contributed by atoms with Gasteiger partial charge in [0.1, 0.15) is 0 Å². The highest BCUT2D eigenvalue weighted by molar-refractivity contribution is 5.81. The summed E-state index contributed by atoms with van der Waals surface area (Å²) in [5, 5.41) is 6.98. The van der Waals surface area contributed by atoms with E-state index >= 15 is 0 Å². The van der Waals surface area contributed by atoms with Crippen molar-refractivity contribution in [1.82, 2.24) is 5.01 Å². The quantitative estimate of drug-likeness (QED) is 0.479. The standard InChI is InChI=1S/C14H28N2O/c1-4-5-6-7-9-13(2)15-16-11-8-10-14(16)12-17-3/h14H,4-12H2,1-3H3/b15-13-/t14-/m0/s1. The van der Waals surface area contributed by atoms with Crippen molar-refractivity contribution in [3.05, 3.63) is 0 Å². The molecule has 0 aromatic carbocycles. The van der Waals surface area contributed by atoms with Crippen LogP contribution in [-0.2, 0) is 4.74 Å². The van der Waals surface area contributed by atoms with Gasteiger partial charge >= 0.3 is 0 Å². The fourth-order valence-electron chi connectivity index (χ4n) is 2.39. The van der Waals surface area contributed by atoms with E-state index in [2.05, 4.69) is 18.9 Å². The molecule has 1 atom stereocenters. The molecule has 0 aromatic rings. The molecular weight excluding hydrogens is 212 g/mol. The maximum absolute atomic E-state index is 5.24. The van der Waals surface area contributed by atoms with Crippen molar-refractivity contribution in [2.24, 2.45) is 5.10 Å². The van der Waals surface area contributed by atoms with Crippen LogP contribution in [0, 0.1) is 0 Å². The zero-order chi connectivity index (χ0) is 12.5. The van der Waals surface area contributed by atoms with Gasteiger partial charge in [0.25, 0.3) is 0 Å². The van der Waals surface area contributed by atoms with E-state index in [1.54, 1.807) is 7.11 Å². The van der Waals surface area contributed by atoms with Gasteiger partial charge in [0, 0.05) is 19.4 Å². The summed E-state index contributed by atoms with van der Waals surface area (Å²) in [6, 6.07) is 0.505. The summed E-state index contributed by atoms with van der Waals surface area (Å²) in [5.74, 6) is 0. The molecule has 0 spiro atoms. The van der Waals surface area contributed by atoms with E-state index in [9.17, 15) is 0 Å². The molecule has 0 N–H and O–H groups in total. The van der Waals surface area contributed by atoms with Crippen LogP contribution < -0.4 is 0 Å². The van der Waals surface area contributed by atoms with Gasteiger partial charge in [-0.05, 0) is 32.6 Å². The van der Waals surface area contributed by atoms with Crippen LogP contribution in [0.5, 0.6) is 0 Å². The Morgan fingerprint density at radius 1 is 1.35 bits per heavy atom. The maximum Gasteiger partial charge on any atom is 0.0704 e. The average molecular weight is 240 g/mol. The first-order chi connectivity index (χ1) is 8.27. The van der Waals surface area contributed by atoms with Gasteiger partial charge in [0.2, 0.25) is 0 Å². The van der Waals surface area contributed by atoms with Crippen LogP contribution >= 0.6 is 0 Å². The Morgan fingerprint density at radius 2 is 2.18 bits per heavy atom. The third-order valence-electron chi connectivity index (χ3n) is 3.40. The van der Waals surface area contributed by atoms with Gasteiger partial charge in [0.15, 0.2) is 0 Å². The summed E-state index contributed by atoms with van der Waals surface area (Å²) in [6.07, 6.45) is 8.90. The van der Waals surface area contributed by atoms with E-state index in [1.807, 2.05) is 0 Å². The molecule has 0 amide bonds. The molecule has 3 heteroatoms. The van der Waals surface area contributed by atoms with Gasteiger partial charge < -0.3 is 4.74 Å². The van der Waals surface area contributed by atoms with Crippen LogP contribution in [0.15, 0.2) is 5.10 Å². The van der Waals surface area contributed by atoms with Crippen molar-refractivity contribution in [3.63, 3.8) is 0 Å². The number of ether oxygens (including phenoxy) is 1. The molecule has 0 aromatic heterocycles. The summed E-state index contributed by atoms with van der Waals surface area (Å²) >= 11 is 0. The monoisotopic (exact) mass is 240 g/mol. The first-order valence-electron chi connectivity index (χ1n) is 7.07. The minimum atomic E-state index is 0.505. The number of rotatable bonds is 8. The topological polar surface area (TPSA) is 24.8 Å². The molecule has 1 aliphatic heterocycles. The fourth-order valence-corrected chi connectivity index (χ4v) is 2.39. The summed E-state index contributed by atoms with van der Waals surface area (Å²) in [6.45, 7) is 6.32. The van der Waals surface area contributed by atoms with E-state index in [0.29, 0.717) is 6.04 Å². The number of hydrogen-bond acceptors (Lipinski definition) is 3. The Morgan fingerprint density at radius 3 is 2.88 bits per heavy atom. The molecule has 0 aliphatic carbocycles. The van der Waals surface area contributed by atoms with Crippen molar-refractivity contribution in [1.29, 1.82) is 0 Å². The molecule has 0 radical (unpaired) electrons. The SMILES string of the molecule is CCCCCC/C(C)=N\N1CCC[C@H]1COC. The van der Waals surface area contributed by atoms with Gasteiger partial charge in [-0.2, -0.15) is 5.10 Å². The zero-order valence-electron chi connectivity index (χ0n) is 11.7. The van der Waals surface area contributed by atoms with Gasteiger partial charge in [-0.25, -0.2) is 0 Å². The Hall–Kier alpha value is -0.570. The Balaban J connectivity index is 2.28. The smallest absolute Gasteiger partial charge is 0.0704 e. The molecule has 0 bridgehead atoms. The molecule has 0 saturated carbocycles. The van der Waals surface area contributed by atoms with Gasteiger partial charge in [-0.1, -0.05) is 26.2 Å². The third kappa shape index (κ3) is 5.53. The lowest BCUT2D eigenvalue weighted by atomic mass is 10.1. The molecule has 100 valence electrons. The first kappa shape index (κ1) is 14.5. The minimum Gasteiger partial charge on any atom is -0.382 e. The van der Waals surface area contributed by atoms with Crippen molar-refractivity contribution in [2.75, 3.05) is 20.3 Å². The lowest BCUT2D eigenvalue weighted by Gasteiger charge is -2.21. The molecule has 3 nitrogen and oxygen atoms in total. The van der Waals surface area contributed by atoms with Crippen LogP contribution in [0.25, 0.3) is 0 Å². The van der Waals surface area contributed by atoms with E-state index in [-0.39, 0.29) is 0 Å². The second-order valence-corrected chi connectivity index (χ2v) is 5.06. The minimum absolute atomic E-state index is 0.505. The van der Waals surface area contributed by atoms with E-state index in [1.165, 1.54) is 44.2 Å². The maximum atomic E-state index is 5.24. The molecule has 1 saturated heterocycles. The summed E-state index contributed by atoms with van der Waals surface area (Å²) in [5.41, 5.74) is 1.28. The second-order valence-electron chi connectivity index (χ2n) is 5.06. The molecule has 1 heterocycles. The van der Waals surface area contributed by atoms with E-state index < -0.39 is 0 Å². The van der Waals surface area contributed by atoms with Crippen molar-refractivity contribution in [3.8, 4) is 0 Å². The van der Waals surface area contributed by atoms with Crippen LogP contribution in [0.1, 0.15) is 58.8 Å². The van der Waals surface area contributed by atoms with E-state index in [0.717, 1.165) is 19.6 Å². The molecule has 0 unspecified atom stereocenters. The third-order valence-corrected chi connectivity index (χ3v) is 3.40. The lowest BCUT2D eigenvalue weighted by molar-refractivity contribution is 0.117. The second kappa shape index (κ2) is 8.51. The highest BCUT2D eigenvalue weighted by atomic mass is 16.5. The lowest BCUT2D eigenvalue weighted by Crippen LogP contribution is -2.29. The summed E-state index contributed by atoms with van der Waals surface area (Å²) in [7, 11) is 1.78. The number of unbranched alkanes of at least 4 members (excludes halogenated alkanes) is 3. The van der Waals surface area contributed by atoms with Gasteiger partial charge in [0.05, 0.1) is 12.6 Å². The Labute approximate surface area is 106 Å². The summed E-state index contributed by atoms with van der Waals surface area (Å²) < 4.78 is 5.24. The van der Waals surface area contributed by atoms with Crippen molar-refractivity contribution in [2.45, 2.75) is 64.8 Å². The van der Waals surface area contributed by atoms with Crippen LogP contribution in [-0.4, -0.2) is 37.0 Å². The van der Waals surface area contributed by atoms with E-state index in [4.69, 9.17) is 9.84 Å². The molecule has 17 heavy (non-hydrogen) atoms. The predicted octanol–water partition coefficient (Wildman–Crippen LogP) is 3.44. The predicted molar refractivity (Wildman–Crippen MR) is 73.5 cm³/mol. The summed E-state index contributed by atoms with van der Waals surface area (Å²) in [4.78, 5) is 0. The number of hydrogen-bond donors (Lipinski definition) is 0. The van der Waals surface area contributed by atoms with Crippen molar-refractivity contribution >= 4 is 5.71 Å². The molecule has 1 aliphatic rings. The highest BCUT2D eigenvalue weighted by Gasteiger charge is 2.22. The van der Waals surface area contributed by atoms with Gasteiger partial charge in [-0.15, -0.1) is 0 Å². The number of nitrogens with zero attached hydrogens (tertiary/aromatic N) is 2. The number of hydrazone groups is 1. The van der Waals surface area contributed by atoms with Crippen molar-refractivity contribution < 1.29 is 4.74 Å². The van der Waals surface area contributed by atoms with Crippen LogP contribution in [0.3, 0.4) is 0 Å². The average Bonchev–Trinajstić information content (AvgIpc) is 2.73. The molecule has 1 rings (SSSR count). The normalized spacial score (nSPS) is 21.2. The fraction of sp³-hybridized carbons (Fsp3) is 0.929. The Bertz CT molecular complexity index is 228. The Kier molecular flexibility index (Phi) is 7.25. The largest absolute Gasteiger partial charge is 0.382 e. The van der Waals surface area contributed by atoms with Crippen LogP contribution in [0.4, 0.5) is 0 Å². The highest BCUT2D eigenvalue weighted by Crippen LogP contribution is 2.18. The number of methoxy groups -OCH3 is 1. The van der Waals surface area contributed by atoms with Crippen LogP contribution in [0.2, 0.25) is 0 Å². The molecule has 1 fully saturated rings. The van der Waals surface area contributed by atoms with Gasteiger partial charge in [-0.3, -0.25) is 5.01 Å². The zero-order valence-corrected chi connectivity index (χ0v) is 11.7. The first-order valence-corrected chi connectivity index (χ1v) is 7.07. The molecular formula is C14H28N2O.